The van der Waals surface area contributed by atoms with Gasteiger partial charge in [0, 0.05) is 18.0 Å². The zero-order chi connectivity index (χ0) is 30.0. The minimum absolute atomic E-state index is 0.0761. The first-order chi connectivity index (χ1) is 19.7. The smallest absolute Gasteiger partial charge is 0.451 e. The number of carboxylic acid groups (broad SMARTS) is 1. The number of benzene rings is 1. The number of carbonyl (C=O) groups is 1. The molecule has 0 radical (unpaired) electrons. The van der Waals surface area contributed by atoms with Crippen LogP contribution in [0.5, 0.6) is 5.88 Å². The second kappa shape index (κ2) is 9.93. The van der Waals surface area contributed by atoms with Gasteiger partial charge in [0.25, 0.3) is 0 Å². The number of para-hydroxylation sites is 1. The summed E-state index contributed by atoms with van der Waals surface area (Å²) in [7, 11) is -3.41. The van der Waals surface area contributed by atoms with Gasteiger partial charge in [0.1, 0.15) is 28.9 Å². The van der Waals surface area contributed by atoms with Crippen molar-refractivity contribution in [3.05, 3.63) is 52.9 Å². The molecule has 222 valence electrons. The number of sulfone groups is 1. The van der Waals surface area contributed by atoms with Crippen LogP contribution in [0.1, 0.15) is 30.7 Å². The number of hydrogen-bond donors (Lipinski definition) is 1. The fraction of sp³-hybridized carbons (Fsp3) is 0.385. The summed E-state index contributed by atoms with van der Waals surface area (Å²) in [6, 6.07) is 6.18. The zero-order valence-corrected chi connectivity index (χ0v) is 23.0. The third-order valence-electron chi connectivity index (χ3n) is 7.47. The average Bonchev–Trinajstić information content (AvgIpc) is 3.52. The van der Waals surface area contributed by atoms with Crippen LogP contribution in [-0.4, -0.2) is 64.6 Å². The van der Waals surface area contributed by atoms with Crippen molar-refractivity contribution >= 4 is 55.3 Å². The Hall–Kier alpha value is -3.72. The number of rotatable bonds is 5. The van der Waals surface area contributed by atoms with Crippen LogP contribution in [0.2, 0.25) is 5.02 Å². The summed E-state index contributed by atoms with van der Waals surface area (Å²) >= 11 is 6.07. The number of ether oxygens (including phenoxy) is 1. The first kappa shape index (κ1) is 28.4. The molecule has 0 amide bonds. The summed E-state index contributed by atoms with van der Waals surface area (Å²) in [6.07, 6.45) is -5.66. The third-order valence-corrected chi connectivity index (χ3v) is 9.33. The molecule has 42 heavy (non-hydrogen) atoms. The molecule has 3 aromatic heterocycles. The lowest BCUT2D eigenvalue weighted by Crippen LogP contribution is -2.37. The van der Waals surface area contributed by atoms with Crippen molar-refractivity contribution in [2.45, 2.75) is 43.3 Å². The van der Waals surface area contributed by atoms with Crippen molar-refractivity contribution in [3.63, 3.8) is 0 Å². The SMILES string of the molecule is O=C(O)[C@@H]1C[C@H](Oc2ncc(Cl)cc2C2(F)CCS(=O)(=O)CC2)CN1c1nc(C(F)(F)F)nc2c1oc1ccccc12. The number of fused-ring (bicyclic) bond motifs is 3. The predicted molar refractivity (Wildman–Crippen MR) is 142 cm³/mol. The Balaban J connectivity index is 1.39. The van der Waals surface area contributed by atoms with E-state index >= 15 is 4.39 Å². The van der Waals surface area contributed by atoms with E-state index in [0.29, 0.717) is 5.39 Å². The van der Waals surface area contributed by atoms with E-state index in [-0.39, 0.29) is 64.8 Å². The molecule has 4 aromatic rings. The molecule has 10 nitrogen and oxygen atoms in total. The standard InChI is InChI=1S/C26H21ClF4N4O6S/c27-13-9-16(25(28)5-7-42(38,39)8-6-25)22(32-11-13)40-14-10-17(23(36)37)35(12-14)21-20-19(33-24(34-21)26(29,30)31)15-3-1-2-4-18(15)41-20/h1-4,9,11,14,17H,5-8,10,12H2,(H,36,37)/t14-,17-/m0/s1. The Morgan fingerprint density at radius 3 is 2.60 bits per heavy atom. The molecular formula is C26H21ClF4N4O6S. The van der Waals surface area contributed by atoms with Crippen molar-refractivity contribution in [1.29, 1.82) is 0 Å². The van der Waals surface area contributed by atoms with Crippen LogP contribution in [0, 0.1) is 0 Å². The lowest BCUT2D eigenvalue weighted by molar-refractivity contribution is -0.144. The molecular weight excluding hydrogens is 608 g/mol. The van der Waals surface area contributed by atoms with E-state index < -0.39 is 57.1 Å². The van der Waals surface area contributed by atoms with Crippen LogP contribution >= 0.6 is 11.6 Å². The van der Waals surface area contributed by atoms with Crippen LogP contribution < -0.4 is 9.64 Å². The molecule has 5 heterocycles. The lowest BCUT2D eigenvalue weighted by Gasteiger charge is -2.31. The van der Waals surface area contributed by atoms with Crippen LogP contribution in [0.4, 0.5) is 23.4 Å². The van der Waals surface area contributed by atoms with Gasteiger partial charge in [-0.05, 0) is 31.0 Å². The largest absolute Gasteiger partial charge is 0.480 e. The number of hydrogen-bond acceptors (Lipinski definition) is 9. The van der Waals surface area contributed by atoms with Gasteiger partial charge in [-0.25, -0.2) is 32.6 Å². The fourth-order valence-electron chi connectivity index (χ4n) is 5.38. The van der Waals surface area contributed by atoms with Crippen LogP contribution in [0.25, 0.3) is 22.1 Å². The van der Waals surface area contributed by atoms with E-state index in [1.807, 2.05) is 0 Å². The molecule has 6 rings (SSSR count). The highest BCUT2D eigenvalue weighted by Crippen LogP contribution is 2.44. The number of furan rings is 1. The zero-order valence-electron chi connectivity index (χ0n) is 21.4. The predicted octanol–water partition coefficient (Wildman–Crippen LogP) is 4.93. The Bertz CT molecular complexity index is 1820. The molecule has 0 aliphatic carbocycles. The summed E-state index contributed by atoms with van der Waals surface area (Å²) < 4.78 is 93.2. The van der Waals surface area contributed by atoms with E-state index in [0.717, 1.165) is 4.90 Å². The van der Waals surface area contributed by atoms with Crippen LogP contribution in [0.15, 0.2) is 40.9 Å². The molecule has 2 fully saturated rings. The highest BCUT2D eigenvalue weighted by Gasteiger charge is 2.45. The second-order valence-corrected chi connectivity index (χ2v) is 13.0. The fourth-order valence-corrected chi connectivity index (χ4v) is 7.01. The molecule has 0 saturated carbocycles. The topological polar surface area (TPSA) is 136 Å². The minimum Gasteiger partial charge on any atom is -0.480 e. The molecule has 0 spiro atoms. The van der Waals surface area contributed by atoms with Crippen LogP contribution in [-0.2, 0) is 26.5 Å². The summed E-state index contributed by atoms with van der Waals surface area (Å²) in [5.41, 5.74) is -2.25. The number of halogens is 5. The number of carboxylic acids is 1. The minimum atomic E-state index is -4.94. The average molecular weight is 629 g/mol. The lowest BCUT2D eigenvalue weighted by atomic mass is 9.90. The molecule has 2 aliphatic rings. The molecule has 2 aliphatic heterocycles. The van der Waals surface area contributed by atoms with Gasteiger partial charge < -0.3 is 19.2 Å². The van der Waals surface area contributed by atoms with E-state index in [1.165, 1.54) is 24.4 Å². The van der Waals surface area contributed by atoms with Gasteiger partial charge in [-0.3, -0.25) is 0 Å². The quantitative estimate of drug-likeness (QED) is 0.303. The molecule has 1 aromatic carbocycles. The first-order valence-electron chi connectivity index (χ1n) is 12.7. The Morgan fingerprint density at radius 2 is 1.90 bits per heavy atom. The number of anilines is 1. The number of nitrogens with zero attached hydrogens (tertiary/aromatic N) is 4. The van der Waals surface area contributed by atoms with Crippen LogP contribution in [0.3, 0.4) is 0 Å². The summed E-state index contributed by atoms with van der Waals surface area (Å²) in [5, 5.41) is 10.4. The molecule has 0 unspecified atom stereocenters. The highest BCUT2D eigenvalue weighted by molar-refractivity contribution is 7.91. The van der Waals surface area contributed by atoms with Gasteiger partial charge in [-0.1, -0.05) is 23.7 Å². The van der Waals surface area contributed by atoms with E-state index in [9.17, 15) is 31.5 Å². The normalized spacial score (nSPS) is 22.1. The van der Waals surface area contributed by atoms with Crippen molar-refractivity contribution in [2.75, 3.05) is 23.0 Å². The molecule has 2 atom stereocenters. The van der Waals surface area contributed by atoms with Crippen molar-refractivity contribution in [3.8, 4) is 5.88 Å². The summed E-state index contributed by atoms with van der Waals surface area (Å²) in [4.78, 5) is 24.9. The van der Waals surface area contributed by atoms with Gasteiger partial charge in [0.2, 0.25) is 11.7 Å². The third kappa shape index (κ3) is 5.08. The van der Waals surface area contributed by atoms with Crippen molar-refractivity contribution in [1.82, 2.24) is 15.0 Å². The first-order valence-corrected chi connectivity index (χ1v) is 14.9. The van der Waals surface area contributed by atoms with Gasteiger partial charge in [0.15, 0.2) is 21.2 Å². The number of aliphatic carboxylic acids is 1. The van der Waals surface area contributed by atoms with E-state index in [4.69, 9.17) is 20.8 Å². The second-order valence-electron chi connectivity index (χ2n) is 10.2. The van der Waals surface area contributed by atoms with Gasteiger partial charge in [-0.2, -0.15) is 13.2 Å². The Labute approximate surface area is 240 Å². The molecule has 16 heteroatoms. The molecule has 2 saturated heterocycles. The number of aromatic nitrogens is 3. The van der Waals surface area contributed by atoms with Gasteiger partial charge in [0.05, 0.1) is 28.6 Å². The summed E-state index contributed by atoms with van der Waals surface area (Å²) in [6.45, 7) is -0.269. The number of alkyl halides is 4. The highest BCUT2D eigenvalue weighted by atomic mass is 35.5. The maximum absolute atomic E-state index is 16.1. The molecule has 1 N–H and O–H groups in total. The maximum atomic E-state index is 16.1. The Morgan fingerprint density at radius 1 is 1.19 bits per heavy atom. The van der Waals surface area contributed by atoms with Gasteiger partial charge >= 0.3 is 12.1 Å². The monoisotopic (exact) mass is 628 g/mol. The number of pyridine rings is 1. The molecule has 0 bridgehead atoms. The van der Waals surface area contributed by atoms with Gasteiger partial charge in [-0.15, -0.1) is 0 Å². The van der Waals surface area contributed by atoms with Crippen molar-refractivity contribution < 1.29 is 45.0 Å². The summed E-state index contributed by atoms with van der Waals surface area (Å²) in [5.74, 6) is -4.22. The van der Waals surface area contributed by atoms with Crippen molar-refractivity contribution in [2.24, 2.45) is 0 Å². The van der Waals surface area contributed by atoms with E-state index in [2.05, 4.69) is 15.0 Å². The van der Waals surface area contributed by atoms with E-state index in [1.54, 1.807) is 12.1 Å². The maximum Gasteiger partial charge on any atom is 0.451 e. The Kier molecular flexibility index (Phi) is 6.72.